The molecule has 7 nitrogen and oxygen atoms in total. The molecule has 30 heavy (non-hydrogen) atoms. The Labute approximate surface area is 176 Å². The Morgan fingerprint density at radius 1 is 1.03 bits per heavy atom. The number of hydrogen-bond donors (Lipinski definition) is 2. The van der Waals surface area contributed by atoms with Crippen molar-refractivity contribution in [3.05, 3.63) is 59.7 Å². The van der Waals surface area contributed by atoms with E-state index in [-0.39, 0.29) is 11.9 Å². The van der Waals surface area contributed by atoms with Crippen LogP contribution in [0.1, 0.15) is 46.9 Å². The van der Waals surface area contributed by atoms with Crippen LogP contribution in [0.3, 0.4) is 0 Å². The molecule has 158 valence electrons. The number of amidine groups is 1. The van der Waals surface area contributed by atoms with Crippen LogP contribution in [0.4, 0.5) is 11.4 Å². The lowest BCUT2D eigenvalue weighted by molar-refractivity contribution is 0.0602. The average Bonchev–Trinajstić information content (AvgIpc) is 2.78. The van der Waals surface area contributed by atoms with E-state index in [1.807, 2.05) is 13.0 Å². The monoisotopic (exact) mass is 408 g/mol. The van der Waals surface area contributed by atoms with Crippen molar-refractivity contribution in [2.45, 2.75) is 32.2 Å². The third-order valence-electron chi connectivity index (χ3n) is 5.05. The number of nitrogens with two attached hydrogens (primary N) is 1. The van der Waals surface area contributed by atoms with Crippen molar-refractivity contribution in [2.75, 3.05) is 25.5 Å². The number of carbonyl (C=O) groups is 2. The van der Waals surface area contributed by atoms with Crippen LogP contribution in [-0.4, -0.2) is 48.9 Å². The predicted octanol–water partition coefficient (Wildman–Crippen LogP) is 3.59. The average molecular weight is 409 g/mol. The molecule has 2 aromatic rings. The van der Waals surface area contributed by atoms with E-state index in [4.69, 9.17) is 15.5 Å². The zero-order valence-electron chi connectivity index (χ0n) is 17.4. The van der Waals surface area contributed by atoms with Crippen LogP contribution in [0, 0.1) is 0 Å². The Morgan fingerprint density at radius 2 is 1.67 bits per heavy atom. The van der Waals surface area contributed by atoms with Gasteiger partial charge in [-0.15, -0.1) is 0 Å². The molecule has 0 radical (unpaired) electrons. The number of nitrogens with zero attached hydrogens (tertiary/aromatic N) is 2. The van der Waals surface area contributed by atoms with Crippen LogP contribution in [0.5, 0.6) is 0 Å². The van der Waals surface area contributed by atoms with Gasteiger partial charge in [0, 0.05) is 13.1 Å². The minimum atomic E-state index is -0.512. The van der Waals surface area contributed by atoms with Crippen molar-refractivity contribution < 1.29 is 14.3 Å². The normalized spacial score (nSPS) is 15.4. The fourth-order valence-electron chi connectivity index (χ4n) is 3.54. The third kappa shape index (κ3) is 5.04. The first-order valence-electron chi connectivity index (χ1n) is 10.2. The van der Waals surface area contributed by atoms with E-state index in [1.54, 1.807) is 42.5 Å². The Hall–Kier alpha value is -3.19. The lowest BCUT2D eigenvalue weighted by Crippen LogP contribution is -2.44. The molecule has 2 aromatic carbocycles. The molecule has 0 bridgehead atoms. The van der Waals surface area contributed by atoms with E-state index in [9.17, 15) is 9.59 Å². The third-order valence-corrected chi connectivity index (χ3v) is 5.05. The summed E-state index contributed by atoms with van der Waals surface area (Å²) in [5.74, 6) is -0.0835. The molecule has 0 aromatic heterocycles. The summed E-state index contributed by atoms with van der Waals surface area (Å²) in [6, 6.07) is 13.6. The lowest BCUT2D eigenvalue weighted by Gasteiger charge is -2.31. The minimum Gasteiger partial charge on any atom is -0.465 e. The maximum atomic E-state index is 13.0. The predicted molar refractivity (Wildman–Crippen MR) is 118 cm³/mol. The number of rotatable bonds is 5. The number of ether oxygens (including phenoxy) is 1. The van der Waals surface area contributed by atoms with Gasteiger partial charge < -0.3 is 20.7 Å². The van der Waals surface area contributed by atoms with Gasteiger partial charge in [-0.25, -0.2) is 9.79 Å². The fraction of sp³-hybridized carbons (Fsp3) is 0.348. The molecule has 1 amide bonds. The molecule has 0 spiro atoms. The van der Waals surface area contributed by atoms with Crippen LogP contribution in [0.25, 0.3) is 0 Å². The van der Waals surface area contributed by atoms with Gasteiger partial charge in [0.1, 0.15) is 5.84 Å². The van der Waals surface area contributed by atoms with Gasteiger partial charge >= 0.3 is 5.97 Å². The number of anilines is 1. The number of para-hydroxylation sites is 2. The van der Waals surface area contributed by atoms with Gasteiger partial charge in [-0.3, -0.25) is 4.79 Å². The second-order valence-corrected chi connectivity index (χ2v) is 7.31. The van der Waals surface area contributed by atoms with E-state index in [0.717, 1.165) is 31.8 Å². The number of piperidine rings is 1. The summed E-state index contributed by atoms with van der Waals surface area (Å²) in [5.41, 5.74) is 7.84. The summed E-state index contributed by atoms with van der Waals surface area (Å²) < 4.78 is 4.80. The number of benzene rings is 2. The SMILES string of the molecule is COC(=O)c1ccccc1NC(=O)c1ccccc1N=C([C@H](C)N)N1CCCCC1. The minimum absolute atomic E-state index is 0.251. The molecule has 1 atom stereocenters. The van der Waals surface area contributed by atoms with Gasteiger partial charge in [0.2, 0.25) is 0 Å². The van der Waals surface area contributed by atoms with E-state index < -0.39 is 5.97 Å². The molecule has 3 N–H and O–H groups in total. The van der Waals surface area contributed by atoms with Crippen molar-refractivity contribution in [3.63, 3.8) is 0 Å². The van der Waals surface area contributed by atoms with Crippen molar-refractivity contribution in [3.8, 4) is 0 Å². The smallest absolute Gasteiger partial charge is 0.339 e. The highest BCUT2D eigenvalue weighted by atomic mass is 16.5. The number of esters is 1. The molecule has 0 saturated carbocycles. The molecule has 1 saturated heterocycles. The molecular formula is C23H28N4O3. The van der Waals surface area contributed by atoms with Crippen LogP contribution in [0.2, 0.25) is 0 Å². The molecule has 1 aliphatic heterocycles. The van der Waals surface area contributed by atoms with Gasteiger partial charge in [-0.05, 0) is 50.5 Å². The van der Waals surface area contributed by atoms with Crippen molar-refractivity contribution in [1.29, 1.82) is 0 Å². The number of likely N-dealkylation sites (tertiary alicyclic amines) is 1. The number of amides is 1. The highest BCUT2D eigenvalue weighted by Gasteiger charge is 2.20. The molecular weight excluding hydrogens is 380 g/mol. The standard InChI is InChI=1S/C23H28N4O3/c1-16(24)21(27-14-8-3-9-15-27)25-19-12-6-4-10-17(19)22(28)26-20-13-7-5-11-18(20)23(29)30-2/h4-7,10-13,16H,3,8-9,14-15,24H2,1-2H3,(H,26,28)/t16-/m0/s1. The van der Waals surface area contributed by atoms with E-state index in [0.29, 0.717) is 22.5 Å². The summed E-state index contributed by atoms with van der Waals surface area (Å²) in [6.07, 6.45) is 3.43. The maximum absolute atomic E-state index is 13.0. The van der Waals surface area contributed by atoms with Crippen LogP contribution in [-0.2, 0) is 4.74 Å². The topological polar surface area (TPSA) is 97.0 Å². The fourth-order valence-corrected chi connectivity index (χ4v) is 3.54. The van der Waals surface area contributed by atoms with Crippen LogP contribution in [0.15, 0.2) is 53.5 Å². The first kappa shape index (κ1) is 21.5. The second kappa shape index (κ2) is 10.0. The molecule has 0 aliphatic carbocycles. The molecule has 0 unspecified atom stereocenters. The Kier molecular flexibility index (Phi) is 7.19. The van der Waals surface area contributed by atoms with Crippen LogP contribution < -0.4 is 11.1 Å². The highest BCUT2D eigenvalue weighted by molar-refractivity contribution is 6.10. The summed E-state index contributed by atoms with van der Waals surface area (Å²) in [6.45, 7) is 3.74. The number of aliphatic imine (C=N–C) groups is 1. The summed E-state index contributed by atoms with van der Waals surface area (Å²) in [7, 11) is 1.31. The van der Waals surface area contributed by atoms with Gasteiger partial charge in [0.25, 0.3) is 5.91 Å². The Balaban J connectivity index is 1.91. The number of methoxy groups -OCH3 is 1. The lowest BCUT2D eigenvalue weighted by atomic mass is 10.1. The summed E-state index contributed by atoms with van der Waals surface area (Å²) in [5, 5.41) is 2.81. The molecule has 7 heteroatoms. The molecule has 1 heterocycles. The number of carbonyl (C=O) groups excluding carboxylic acids is 2. The quantitative estimate of drug-likeness (QED) is 0.448. The van der Waals surface area contributed by atoms with Gasteiger partial charge in [0.05, 0.1) is 35.7 Å². The Bertz CT molecular complexity index is 934. The van der Waals surface area contributed by atoms with Gasteiger partial charge in [-0.2, -0.15) is 0 Å². The summed E-state index contributed by atoms with van der Waals surface area (Å²) >= 11 is 0. The van der Waals surface area contributed by atoms with Crippen LogP contribution >= 0.6 is 0 Å². The highest BCUT2D eigenvalue weighted by Crippen LogP contribution is 2.24. The van der Waals surface area contributed by atoms with E-state index >= 15 is 0 Å². The van der Waals surface area contributed by atoms with Crippen molar-refractivity contribution >= 4 is 29.1 Å². The first-order chi connectivity index (χ1) is 14.5. The van der Waals surface area contributed by atoms with Gasteiger partial charge in [-0.1, -0.05) is 24.3 Å². The van der Waals surface area contributed by atoms with Crippen molar-refractivity contribution in [2.24, 2.45) is 10.7 Å². The zero-order valence-corrected chi connectivity index (χ0v) is 17.4. The van der Waals surface area contributed by atoms with Crippen molar-refractivity contribution in [1.82, 2.24) is 4.90 Å². The largest absolute Gasteiger partial charge is 0.465 e. The second-order valence-electron chi connectivity index (χ2n) is 7.31. The van der Waals surface area contributed by atoms with Gasteiger partial charge in [0.15, 0.2) is 0 Å². The van der Waals surface area contributed by atoms with E-state index in [2.05, 4.69) is 10.2 Å². The summed E-state index contributed by atoms with van der Waals surface area (Å²) in [4.78, 5) is 32.0. The number of hydrogen-bond acceptors (Lipinski definition) is 5. The molecule has 1 aliphatic rings. The first-order valence-corrected chi connectivity index (χ1v) is 10.2. The molecule has 1 fully saturated rings. The molecule has 3 rings (SSSR count). The Morgan fingerprint density at radius 3 is 2.33 bits per heavy atom. The number of nitrogens with one attached hydrogen (secondary N) is 1. The van der Waals surface area contributed by atoms with E-state index in [1.165, 1.54) is 13.5 Å². The zero-order chi connectivity index (χ0) is 21.5. The maximum Gasteiger partial charge on any atom is 0.339 e.